The van der Waals surface area contributed by atoms with Crippen LogP contribution in [0.4, 0.5) is 10.1 Å². The number of carbonyl (C=O) groups is 3. The maximum absolute atomic E-state index is 16.1. The summed E-state index contributed by atoms with van der Waals surface area (Å²) in [6.07, 6.45) is 4.93. The van der Waals surface area contributed by atoms with E-state index in [1.165, 1.54) is 6.07 Å². The molecule has 4 saturated carbocycles. The molecule has 1 unspecified atom stereocenters. The summed E-state index contributed by atoms with van der Waals surface area (Å²) in [4.78, 5) is 41.1. The minimum atomic E-state index is -1.42. The van der Waals surface area contributed by atoms with E-state index in [2.05, 4.69) is 16.0 Å². The first-order valence-electron chi connectivity index (χ1n) is 15.9. The van der Waals surface area contributed by atoms with Gasteiger partial charge < -0.3 is 20.8 Å². The van der Waals surface area contributed by atoms with Crippen molar-refractivity contribution in [1.29, 1.82) is 0 Å². The van der Waals surface area contributed by atoms with Gasteiger partial charge in [-0.2, -0.15) is 0 Å². The number of benzene rings is 2. The normalized spacial score (nSPS) is 38.4. The SMILES string of the molecule is CC1(O)CCC2(CC1)N[C@@H](C(=O)NCC1CC3(C(=O)O)CCC1CC3)[C@H](c1cccc(Cl)c1F)[C@]21C(=O)Nc2cc(Cl)ccc21. The van der Waals surface area contributed by atoms with Crippen LogP contribution in [0.1, 0.15) is 81.8 Å². The van der Waals surface area contributed by atoms with Crippen molar-refractivity contribution in [3.05, 3.63) is 63.4 Å². The Morgan fingerprint density at radius 1 is 1.07 bits per heavy atom. The van der Waals surface area contributed by atoms with Gasteiger partial charge in [0.15, 0.2) is 0 Å². The Morgan fingerprint density at radius 2 is 1.78 bits per heavy atom. The fourth-order valence-electron chi connectivity index (χ4n) is 9.70. The lowest BCUT2D eigenvalue weighted by molar-refractivity contribution is -0.158. The van der Waals surface area contributed by atoms with Crippen molar-refractivity contribution in [3.63, 3.8) is 0 Å². The van der Waals surface area contributed by atoms with Crippen molar-refractivity contribution in [2.24, 2.45) is 17.3 Å². The van der Waals surface area contributed by atoms with Crippen LogP contribution in [0.15, 0.2) is 36.4 Å². The predicted octanol–water partition coefficient (Wildman–Crippen LogP) is 5.54. The summed E-state index contributed by atoms with van der Waals surface area (Å²) in [6.45, 7) is 2.07. The number of aliphatic carboxylic acids is 1. The highest BCUT2D eigenvalue weighted by Gasteiger charge is 2.73. The van der Waals surface area contributed by atoms with E-state index in [0.717, 1.165) is 12.8 Å². The first-order valence-corrected chi connectivity index (χ1v) is 16.6. The quantitative estimate of drug-likeness (QED) is 0.287. The maximum atomic E-state index is 16.1. The number of nitrogens with one attached hydrogen (secondary N) is 3. The van der Waals surface area contributed by atoms with Crippen molar-refractivity contribution < 1.29 is 29.0 Å². The molecule has 1 saturated heterocycles. The van der Waals surface area contributed by atoms with Crippen LogP contribution in [0.3, 0.4) is 0 Å². The molecule has 2 aromatic carbocycles. The van der Waals surface area contributed by atoms with Gasteiger partial charge in [-0.3, -0.25) is 19.7 Å². The molecule has 5 N–H and O–H groups in total. The van der Waals surface area contributed by atoms with Crippen LogP contribution < -0.4 is 16.0 Å². The van der Waals surface area contributed by atoms with E-state index in [9.17, 15) is 24.6 Å². The van der Waals surface area contributed by atoms with Crippen LogP contribution in [0.5, 0.6) is 0 Å². The van der Waals surface area contributed by atoms with E-state index in [4.69, 9.17) is 23.2 Å². The zero-order valence-electron chi connectivity index (χ0n) is 25.1. The lowest BCUT2D eigenvalue weighted by Gasteiger charge is -2.49. The van der Waals surface area contributed by atoms with Gasteiger partial charge in [0.25, 0.3) is 0 Å². The van der Waals surface area contributed by atoms with Crippen molar-refractivity contribution in [1.82, 2.24) is 10.6 Å². The molecule has 5 fully saturated rings. The van der Waals surface area contributed by atoms with Crippen LogP contribution in [-0.4, -0.2) is 51.7 Å². The molecular weight excluding hydrogens is 620 g/mol. The Kier molecular flexibility index (Phi) is 7.32. The van der Waals surface area contributed by atoms with Crippen LogP contribution in [-0.2, 0) is 19.8 Å². The standard InChI is InChI=1S/C34H38Cl2FN3O5/c1-31(45)11-13-33(14-12-31)34(22-6-5-20(35)15-24(22)39-29(34)42)25(21-3-2-4-23(36)26(21)37)27(40-33)28(41)38-17-19-16-32(30(43)44)9-7-18(19)8-10-32/h2-6,15,18-19,25,27,40,45H,7-14,16-17H2,1H3,(H,38,41)(H,39,42)(H,43,44)/t18?,19?,25-,27+,31?,32?,33?,34+/m0/s1. The molecule has 2 amide bonds. The van der Waals surface area contributed by atoms with Gasteiger partial charge in [0, 0.05) is 28.7 Å². The Balaban J connectivity index is 1.32. The van der Waals surface area contributed by atoms with Gasteiger partial charge in [-0.05, 0) is 106 Å². The third-order valence-corrected chi connectivity index (χ3v) is 12.6. The second kappa shape index (κ2) is 10.7. The fourth-order valence-corrected chi connectivity index (χ4v) is 10.1. The molecule has 0 aromatic heterocycles. The molecule has 8 rings (SSSR count). The third-order valence-electron chi connectivity index (χ3n) is 12.1. The summed E-state index contributed by atoms with van der Waals surface area (Å²) in [5.74, 6) is -2.84. The molecule has 2 bridgehead atoms. The number of amides is 2. The zero-order valence-corrected chi connectivity index (χ0v) is 26.6. The molecule has 2 aromatic rings. The summed E-state index contributed by atoms with van der Waals surface area (Å²) in [5.41, 5.74) is -2.84. The molecular formula is C34H38Cl2FN3O5. The number of carboxylic acid groups (broad SMARTS) is 1. The minimum Gasteiger partial charge on any atom is -0.481 e. The number of aliphatic hydroxyl groups is 1. The first-order chi connectivity index (χ1) is 21.3. The summed E-state index contributed by atoms with van der Waals surface area (Å²) in [5, 5.41) is 31.0. The molecule has 0 radical (unpaired) electrons. The minimum absolute atomic E-state index is 0.0145. The fraction of sp³-hybridized carbons (Fsp3) is 0.559. The van der Waals surface area contributed by atoms with Crippen molar-refractivity contribution in [2.75, 3.05) is 11.9 Å². The van der Waals surface area contributed by atoms with Crippen molar-refractivity contribution >= 4 is 46.7 Å². The lowest BCUT2D eigenvalue weighted by Crippen LogP contribution is -2.62. The summed E-state index contributed by atoms with van der Waals surface area (Å²) in [6, 6.07) is 8.78. The van der Waals surface area contributed by atoms with Crippen LogP contribution in [0.2, 0.25) is 10.0 Å². The number of carbonyl (C=O) groups excluding carboxylic acids is 2. The Bertz CT molecular complexity index is 1580. The van der Waals surface area contributed by atoms with E-state index in [-0.39, 0.29) is 28.3 Å². The third kappa shape index (κ3) is 4.55. The molecule has 240 valence electrons. The van der Waals surface area contributed by atoms with Gasteiger partial charge in [0.1, 0.15) is 11.2 Å². The molecule has 2 spiro atoms. The number of halogens is 3. The van der Waals surface area contributed by atoms with Crippen LogP contribution >= 0.6 is 23.2 Å². The van der Waals surface area contributed by atoms with E-state index in [1.807, 2.05) is 0 Å². The molecule has 8 nitrogen and oxygen atoms in total. The van der Waals surface area contributed by atoms with Crippen molar-refractivity contribution in [3.8, 4) is 0 Å². The van der Waals surface area contributed by atoms with Crippen LogP contribution in [0.25, 0.3) is 0 Å². The number of rotatable bonds is 5. The molecule has 45 heavy (non-hydrogen) atoms. The van der Waals surface area contributed by atoms with E-state index < -0.39 is 45.7 Å². The van der Waals surface area contributed by atoms with Gasteiger partial charge >= 0.3 is 5.97 Å². The molecule has 11 heteroatoms. The highest BCUT2D eigenvalue weighted by Crippen LogP contribution is 2.63. The number of anilines is 1. The second-order valence-corrected chi connectivity index (χ2v) is 15.2. The number of hydrogen-bond donors (Lipinski definition) is 5. The second-order valence-electron chi connectivity index (χ2n) is 14.4. The number of hydrogen-bond acceptors (Lipinski definition) is 5. The molecule has 6 aliphatic rings. The lowest BCUT2D eigenvalue weighted by atomic mass is 9.54. The van der Waals surface area contributed by atoms with Crippen molar-refractivity contribution in [2.45, 2.75) is 93.2 Å². The topological polar surface area (TPSA) is 128 Å². The average molecular weight is 659 g/mol. The average Bonchev–Trinajstić information content (AvgIpc) is 3.47. The summed E-state index contributed by atoms with van der Waals surface area (Å²) >= 11 is 12.7. The number of carboxylic acids is 1. The summed E-state index contributed by atoms with van der Waals surface area (Å²) in [7, 11) is 0. The highest BCUT2D eigenvalue weighted by atomic mass is 35.5. The Hall–Kier alpha value is -2.72. The zero-order chi connectivity index (χ0) is 31.9. The van der Waals surface area contributed by atoms with E-state index in [0.29, 0.717) is 73.7 Å². The van der Waals surface area contributed by atoms with E-state index in [1.54, 1.807) is 37.3 Å². The molecule has 2 heterocycles. The Morgan fingerprint density at radius 3 is 2.47 bits per heavy atom. The largest absolute Gasteiger partial charge is 0.481 e. The Labute approximate surface area is 271 Å². The predicted molar refractivity (Wildman–Crippen MR) is 168 cm³/mol. The monoisotopic (exact) mass is 657 g/mol. The van der Waals surface area contributed by atoms with Gasteiger partial charge in [-0.1, -0.05) is 41.4 Å². The van der Waals surface area contributed by atoms with Gasteiger partial charge in [0.2, 0.25) is 11.8 Å². The van der Waals surface area contributed by atoms with Gasteiger partial charge in [-0.15, -0.1) is 0 Å². The van der Waals surface area contributed by atoms with E-state index >= 15 is 4.39 Å². The van der Waals surface area contributed by atoms with Crippen LogP contribution in [0, 0.1) is 23.1 Å². The molecule has 2 aliphatic heterocycles. The maximum Gasteiger partial charge on any atom is 0.309 e. The van der Waals surface area contributed by atoms with Gasteiger partial charge in [0.05, 0.1) is 22.1 Å². The highest BCUT2D eigenvalue weighted by molar-refractivity contribution is 6.31. The summed E-state index contributed by atoms with van der Waals surface area (Å²) < 4.78 is 16.1. The molecule has 4 atom stereocenters. The smallest absolute Gasteiger partial charge is 0.309 e. The number of fused-ring (bicyclic) bond motifs is 6. The molecule has 4 aliphatic carbocycles. The first kappa shape index (κ1) is 30.9. The van der Waals surface area contributed by atoms with Gasteiger partial charge in [-0.25, -0.2) is 4.39 Å².